The van der Waals surface area contributed by atoms with Gasteiger partial charge in [-0.1, -0.05) is 30.3 Å². The molecule has 0 N–H and O–H groups in total. The lowest BCUT2D eigenvalue weighted by Crippen LogP contribution is -2.30. The maximum atomic E-state index is 14.8. The molecule has 0 amide bonds. The first-order valence-corrected chi connectivity index (χ1v) is 14.1. The zero-order valence-electron chi connectivity index (χ0n) is 23.1. The van der Waals surface area contributed by atoms with Gasteiger partial charge in [0, 0.05) is 42.4 Å². The fourth-order valence-corrected chi connectivity index (χ4v) is 6.13. The van der Waals surface area contributed by atoms with Gasteiger partial charge in [-0.2, -0.15) is 9.61 Å². The van der Waals surface area contributed by atoms with Crippen molar-refractivity contribution in [1.29, 1.82) is 0 Å². The maximum Gasteiger partial charge on any atom is 0.341 e. The van der Waals surface area contributed by atoms with Crippen molar-refractivity contribution < 1.29 is 18.7 Å². The van der Waals surface area contributed by atoms with Crippen LogP contribution in [0.4, 0.5) is 4.39 Å². The first-order valence-electron chi connectivity index (χ1n) is 14.1. The van der Waals surface area contributed by atoms with Crippen LogP contribution in [0.2, 0.25) is 0 Å². The van der Waals surface area contributed by atoms with Crippen LogP contribution >= 0.6 is 0 Å². The lowest BCUT2D eigenvalue weighted by Gasteiger charge is -2.29. The van der Waals surface area contributed by atoms with E-state index >= 15 is 0 Å². The second-order valence-electron chi connectivity index (χ2n) is 10.5. The van der Waals surface area contributed by atoms with Crippen molar-refractivity contribution in [2.24, 2.45) is 18.0 Å². The highest BCUT2D eigenvalue weighted by molar-refractivity contribution is 6.14. The number of benzene rings is 1. The molecule has 1 saturated carbocycles. The molecule has 4 heterocycles. The Bertz CT molecular complexity index is 1600. The molecule has 6 rings (SSSR count). The third-order valence-corrected chi connectivity index (χ3v) is 8.09. The molecule has 1 fully saturated rings. The van der Waals surface area contributed by atoms with Gasteiger partial charge >= 0.3 is 5.97 Å². The predicted octanol–water partition coefficient (Wildman–Crippen LogP) is 6.00. The van der Waals surface area contributed by atoms with E-state index in [1.54, 1.807) is 6.92 Å². The smallest absolute Gasteiger partial charge is 0.341 e. The largest absolute Gasteiger partial charge is 0.491 e. The molecule has 8 nitrogen and oxygen atoms in total. The summed E-state index contributed by atoms with van der Waals surface area (Å²) < 4.78 is 29.7. The van der Waals surface area contributed by atoms with Gasteiger partial charge in [-0.25, -0.2) is 14.2 Å². The van der Waals surface area contributed by atoms with Crippen molar-refractivity contribution in [1.82, 2.24) is 19.2 Å². The van der Waals surface area contributed by atoms with Crippen molar-refractivity contribution in [3.05, 3.63) is 65.6 Å². The van der Waals surface area contributed by atoms with E-state index in [2.05, 4.69) is 18.2 Å². The summed E-state index contributed by atoms with van der Waals surface area (Å²) in [6.07, 6.45) is 8.95. The zero-order chi connectivity index (χ0) is 27.8. The number of halogens is 1. The number of alkyl halides is 1. The van der Waals surface area contributed by atoms with E-state index in [9.17, 15) is 9.18 Å². The van der Waals surface area contributed by atoms with E-state index in [4.69, 9.17) is 24.5 Å². The number of hydrogen-bond donors (Lipinski definition) is 0. The molecule has 4 aromatic rings. The summed E-state index contributed by atoms with van der Waals surface area (Å²) in [4.78, 5) is 22.0. The van der Waals surface area contributed by atoms with Crippen LogP contribution in [-0.4, -0.2) is 50.7 Å². The van der Waals surface area contributed by atoms with E-state index in [0.717, 1.165) is 57.7 Å². The van der Waals surface area contributed by atoms with Crippen LogP contribution in [0.5, 0.6) is 5.75 Å². The predicted molar refractivity (Wildman–Crippen MR) is 153 cm³/mol. The molecule has 2 aliphatic rings. The van der Waals surface area contributed by atoms with Gasteiger partial charge in [0.1, 0.15) is 11.4 Å². The lowest BCUT2D eigenvalue weighted by atomic mass is 9.78. The molecule has 1 aliphatic heterocycles. The molecule has 208 valence electrons. The van der Waals surface area contributed by atoms with Crippen molar-refractivity contribution in [2.75, 3.05) is 13.2 Å². The minimum Gasteiger partial charge on any atom is -0.491 e. The Morgan fingerprint density at radius 2 is 1.90 bits per heavy atom. The van der Waals surface area contributed by atoms with Crippen LogP contribution in [0, 0.1) is 5.92 Å². The van der Waals surface area contributed by atoms with Gasteiger partial charge in [0.15, 0.2) is 11.8 Å². The van der Waals surface area contributed by atoms with Gasteiger partial charge in [-0.3, -0.25) is 4.99 Å². The van der Waals surface area contributed by atoms with Crippen LogP contribution in [0.1, 0.15) is 68.3 Å². The van der Waals surface area contributed by atoms with Crippen molar-refractivity contribution in [2.45, 2.75) is 57.7 Å². The van der Waals surface area contributed by atoms with Crippen LogP contribution in [0.15, 0.2) is 53.8 Å². The summed E-state index contributed by atoms with van der Waals surface area (Å²) in [7, 11) is 1.99. The standard InChI is InChI=1S/C31H34FN5O3/c1-4-39-25-18-36(3)30-26(25)28(21-13-11-20(12-14-21)27(32)31(38)40-5-2)35-29-23(17-34-37(29)30)22-15-24(33-16-22)19-9-7-6-8-10-19/h6-10,15-18,20-21,24,27H,4-5,11-14H2,1-3H3. The van der Waals surface area contributed by atoms with E-state index in [-0.39, 0.29) is 24.5 Å². The number of carbonyl (C=O) groups excluding carboxylic acids is 1. The Morgan fingerprint density at radius 1 is 1.12 bits per heavy atom. The monoisotopic (exact) mass is 543 g/mol. The Kier molecular flexibility index (Phi) is 7.12. The van der Waals surface area contributed by atoms with Crippen LogP contribution in [0.3, 0.4) is 0 Å². The number of nitrogens with zero attached hydrogens (tertiary/aromatic N) is 5. The van der Waals surface area contributed by atoms with E-state index in [0.29, 0.717) is 19.4 Å². The molecular weight excluding hydrogens is 509 g/mol. The molecule has 0 radical (unpaired) electrons. The highest BCUT2D eigenvalue weighted by Gasteiger charge is 2.35. The number of allylic oxidation sites excluding steroid dienone is 1. The Balaban J connectivity index is 1.40. The number of carbonyl (C=O) groups is 1. The summed E-state index contributed by atoms with van der Waals surface area (Å²) in [5, 5.41) is 5.69. The van der Waals surface area contributed by atoms with Gasteiger partial charge in [0.25, 0.3) is 0 Å². The van der Waals surface area contributed by atoms with Crippen LogP contribution < -0.4 is 4.74 Å². The molecule has 2 unspecified atom stereocenters. The molecule has 3 aromatic heterocycles. The first-order chi connectivity index (χ1) is 19.5. The average molecular weight is 544 g/mol. The number of hydrogen-bond acceptors (Lipinski definition) is 6. The Morgan fingerprint density at radius 3 is 2.62 bits per heavy atom. The number of esters is 1. The van der Waals surface area contributed by atoms with Gasteiger partial charge in [0.2, 0.25) is 0 Å². The van der Waals surface area contributed by atoms with Crippen LogP contribution in [0.25, 0.3) is 22.3 Å². The van der Waals surface area contributed by atoms with Crippen molar-refractivity contribution >= 4 is 34.4 Å². The van der Waals surface area contributed by atoms with Gasteiger partial charge < -0.3 is 14.0 Å². The third kappa shape index (κ3) is 4.57. The molecule has 1 aliphatic carbocycles. The summed E-state index contributed by atoms with van der Waals surface area (Å²) in [5.74, 6) is -0.217. The third-order valence-electron chi connectivity index (χ3n) is 8.09. The highest BCUT2D eigenvalue weighted by Crippen LogP contribution is 2.43. The molecule has 9 heteroatoms. The van der Waals surface area contributed by atoms with E-state index in [1.807, 2.05) is 59.9 Å². The number of aromatic nitrogens is 4. The normalized spacial score (nSPS) is 21.6. The van der Waals surface area contributed by atoms with Crippen molar-refractivity contribution in [3.63, 3.8) is 0 Å². The lowest BCUT2D eigenvalue weighted by molar-refractivity contribution is -0.151. The molecule has 40 heavy (non-hydrogen) atoms. The number of rotatable bonds is 8. The van der Waals surface area contributed by atoms with Crippen molar-refractivity contribution in [3.8, 4) is 5.75 Å². The summed E-state index contributed by atoms with van der Waals surface area (Å²) in [6.45, 7) is 4.38. The van der Waals surface area contributed by atoms with Crippen LogP contribution in [-0.2, 0) is 16.6 Å². The summed E-state index contributed by atoms with van der Waals surface area (Å²) in [5.41, 5.74) is 5.64. The first kappa shape index (κ1) is 26.2. The molecule has 1 aromatic carbocycles. The van der Waals surface area contributed by atoms with E-state index in [1.165, 1.54) is 0 Å². The number of ether oxygens (including phenoxy) is 2. The minimum atomic E-state index is -1.58. The fraction of sp³-hybridized carbons (Fsp3) is 0.419. The van der Waals surface area contributed by atoms with Gasteiger partial charge in [-0.15, -0.1) is 0 Å². The Labute approximate surface area is 232 Å². The SMILES string of the molecule is CCOC(=O)C(F)C1CCC(c2nc3c(C4=CC(c5ccccc5)N=C4)cnn3c3c2c(OCC)cn3C)CC1. The topological polar surface area (TPSA) is 83.0 Å². The molecule has 0 saturated heterocycles. The van der Waals surface area contributed by atoms with E-state index < -0.39 is 12.1 Å². The Hall–Kier alpha value is -4.01. The summed E-state index contributed by atoms with van der Waals surface area (Å²) >= 11 is 0. The average Bonchev–Trinajstić information content (AvgIpc) is 3.70. The number of aliphatic imine (C=N–C) groups is 1. The number of fused-ring (bicyclic) bond motifs is 3. The number of aryl methyl sites for hydroxylation is 1. The second-order valence-corrected chi connectivity index (χ2v) is 10.5. The summed E-state index contributed by atoms with van der Waals surface area (Å²) in [6, 6.07) is 10.2. The molecule has 2 atom stereocenters. The second kappa shape index (κ2) is 10.9. The molecule has 0 bridgehead atoms. The quantitative estimate of drug-likeness (QED) is 0.255. The maximum absolute atomic E-state index is 14.8. The molecular formula is C31H34FN5O3. The zero-order valence-corrected chi connectivity index (χ0v) is 23.1. The highest BCUT2D eigenvalue weighted by atomic mass is 19.1. The molecule has 0 spiro atoms. The minimum absolute atomic E-state index is 0.0442. The van der Waals surface area contributed by atoms with Gasteiger partial charge in [0.05, 0.1) is 36.5 Å². The van der Waals surface area contributed by atoms with Gasteiger partial charge in [-0.05, 0) is 51.2 Å². The fourth-order valence-electron chi connectivity index (χ4n) is 6.13.